The average Bonchev–Trinajstić information content (AvgIpc) is 2.44. The van der Waals surface area contributed by atoms with Crippen molar-refractivity contribution in [2.24, 2.45) is 17.1 Å². The lowest BCUT2D eigenvalue weighted by Crippen LogP contribution is -2.52. The van der Waals surface area contributed by atoms with Crippen LogP contribution in [0.4, 0.5) is 0 Å². The highest BCUT2D eigenvalue weighted by molar-refractivity contribution is 5.87. The Balaban J connectivity index is 2.68. The first-order valence-electron chi connectivity index (χ1n) is 7.18. The number of nitrogens with one attached hydrogen (secondary N) is 1. The summed E-state index contributed by atoms with van der Waals surface area (Å²) >= 11 is 0. The molecule has 0 spiro atoms. The van der Waals surface area contributed by atoms with Gasteiger partial charge in [-0.25, -0.2) is 4.79 Å². The summed E-state index contributed by atoms with van der Waals surface area (Å²) in [4.78, 5) is 23.6. The zero-order valence-corrected chi connectivity index (χ0v) is 12.4. The number of amides is 1. The number of hydrogen-bond acceptors (Lipinski definition) is 4. The van der Waals surface area contributed by atoms with Gasteiger partial charge in [0.2, 0.25) is 5.91 Å². The predicted molar refractivity (Wildman–Crippen MR) is 75.2 cm³/mol. The van der Waals surface area contributed by atoms with Crippen molar-refractivity contribution in [1.82, 2.24) is 5.32 Å². The van der Waals surface area contributed by atoms with Gasteiger partial charge in [0.1, 0.15) is 6.04 Å². The Morgan fingerprint density at radius 3 is 2.50 bits per heavy atom. The smallest absolute Gasteiger partial charge is 0.326 e. The number of aliphatic carboxylic acids is 1. The normalized spacial score (nSPS) is 27.9. The third-order valence-electron chi connectivity index (χ3n) is 4.32. The summed E-state index contributed by atoms with van der Waals surface area (Å²) in [5.41, 5.74) is 5.20. The fraction of sp³-hybridized carbons (Fsp3) is 0.857. The van der Waals surface area contributed by atoms with Crippen LogP contribution >= 0.6 is 0 Å². The van der Waals surface area contributed by atoms with E-state index in [1.165, 1.54) is 7.11 Å². The van der Waals surface area contributed by atoms with E-state index in [9.17, 15) is 9.59 Å². The second-order valence-corrected chi connectivity index (χ2v) is 5.81. The van der Waals surface area contributed by atoms with Gasteiger partial charge in [-0.3, -0.25) is 4.79 Å². The molecule has 6 nitrogen and oxygen atoms in total. The molecule has 20 heavy (non-hydrogen) atoms. The van der Waals surface area contributed by atoms with Crippen molar-refractivity contribution in [2.45, 2.75) is 45.1 Å². The molecular formula is C14H26N2O4. The van der Waals surface area contributed by atoms with Gasteiger partial charge >= 0.3 is 5.97 Å². The monoisotopic (exact) mass is 286 g/mol. The van der Waals surface area contributed by atoms with Gasteiger partial charge in [0.15, 0.2) is 0 Å². The first-order valence-corrected chi connectivity index (χ1v) is 7.18. The number of methoxy groups -OCH3 is 1. The standard InChI is InChI=1S/C14H26N2O4/c1-10-3-6-14(9-15,7-4-10)13(19)16-11(12(17)18)5-8-20-2/h10-11H,3-9,15H2,1-2H3,(H,16,19)(H,17,18). The van der Waals surface area contributed by atoms with Crippen molar-refractivity contribution in [3.05, 3.63) is 0 Å². The molecular weight excluding hydrogens is 260 g/mol. The molecule has 0 bridgehead atoms. The van der Waals surface area contributed by atoms with E-state index >= 15 is 0 Å². The van der Waals surface area contributed by atoms with Crippen LogP contribution in [0.15, 0.2) is 0 Å². The van der Waals surface area contributed by atoms with E-state index in [1.54, 1.807) is 0 Å². The van der Waals surface area contributed by atoms with Gasteiger partial charge in [0.25, 0.3) is 0 Å². The van der Waals surface area contributed by atoms with E-state index in [1.807, 2.05) is 0 Å². The number of ether oxygens (including phenoxy) is 1. The second kappa shape index (κ2) is 7.59. The predicted octanol–water partition coefficient (Wildman–Crippen LogP) is 0.748. The van der Waals surface area contributed by atoms with Gasteiger partial charge in [-0.2, -0.15) is 0 Å². The fourth-order valence-electron chi connectivity index (χ4n) is 2.64. The van der Waals surface area contributed by atoms with Crippen molar-refractivity contribution in [3.8, 4) is 0 Å². The van der Waals surface area contributed by atoms with Crippen LogP contribution in [-0.4, -0.2) is 43.3 Å². The van der Waals surface area contributed by atoms with Gasteiger partial charge in [0.05, 0.1) is 5.41 Å². The maximum atomic E-state index is 12.4. The van der Waals surface area contributed by atoms with Crippen LogP contribution in [0.3, 0.4) is 0 Å². The fourth-order valence-corrected chi connectivity index (χ4v) is 2.64. The summed E-state index contributed by atoms with van der Waals surface area (Å²) in [6.45, 7) is 2.73. The first-order chi connectivity index (χ1) is 9.45. The summed E-state index contributed by atoms with van der Waals surface area (Å²) in [5, 5.41) is 11.8. The highest BCUT2D eigenvalue weighted by Crippen LogP contribution is 2.38. The van der Waals surface area contributed by atoms with Crippen molar-refractivity contribution in [1.29, 1.82) is 0 Å². The molecule has 0 aromatic carbocycles. The van der Waals surface area contributed by atoms with Crippen LogP contribution in [0.25, 0.3) is 0 Å². The van der Waals surface area contributed by atoms with Crippen molar-refractivity contribution >= 4 is 11.9 Å². The topological polar surface area (TPSA) is 102 Å². The lowest BCUT2D eigenvalue weighted by molar-refractivity contribution is -0.145. The quantitative estimate of drug-likeness (QED) is 0.641. The maximum Gasteiger partial charge on any atom is 0.326 e. The third kappa shape index (κ3) is 4.18. The van der Waals surface area contributed by atoms with Gasteiger partial charge in [-0.1, -0.05) is 6.92 Å². The molecule has 0 aromatic rings. The molecule has 6 heteroatoms. The van der Waals surface area contributed by atoms with Crippen LogP contribution in [0.2, 0.25) is 0 Å². The molecule has 1 amide bonds. The Hall–Kier alpha value is -1.14. The van der Waals surface area contributed by atoms with E-state index in [4.69, 9.17) is 15.6 Å². The average molecular weight is 286 g/mol. The van der Waals surface area contributed by atoms with E-state index < -0.39 is 17.4 Å². The zero-order chi connectivity index (χ0) is 15.2. The Bertz CT molecular complexity index is 338. The lowest BCUT2D eigenvalue weighted by atomic mass is 9.70. The minimum absolute atomic E-state index is 0.226. The number of hydrogen-bond donors (Lipinski definition) is 3. The van der Waals surface area contributed by atoms with Crippen molar-refractivity contribution < 1.29 is 19.4 Å². The van der Waals surface area contributed by atoms with Crippen LogP contribution < -0.4 is 11.1 Å². The SMILES string of the molecule is COCCC(NC(=O)C1(CN)CCC(C)CC1)C(=O)O. The van der Waals surface area contributed by atoms with Crippen LogP contribution in [0, 0.1) is 11.3 Å². The number of carboxylic acids is 1. The molecule has 0 heterocycles. The molecule has 4 N–H and O–H groups in total. The molecule has 0 aromatic heterocycles. The second-order valence-electron chi connectivity index (χ2n) is 5.81. The van der Waals surface area contributed by atoms with Gasteiger partial charge < -0.3 is 20.9 Å². The van der Waals surface area contributed by atoms with Gasteiger partial charge in [-0.05, 0) is 31.6 Å². The molecule has 116 valence electrons. The number of carboxylic acid groups (broad SMARTS) is 1. The Morgan fingerprint density at radius 1 is 1.45 bits per heavy atom. The van der Waals surface area contributed by atoms with Gasteiger partial charge in [-0.15, -0.1) is 0 Å². The van der Waals surface area contributed by atoms with Crippen molar-refractivity contribution in [2.75, 3.05) is 20.3 Å². The van der Waals surface area contributed by atoms with Crippen molar-refractivity contribution in [3.63, 3.8) is 0 Å². The van der Waals surface area contributed by atoms with E-state index in [-0.39, 0.29) is 18.9 Å². The molecule has 1 aliphatic rings. The lowest BCUT2D eigenvalue weighted by Gasteiger charge is -2.37. The number of nitrogens with two attached hydrogens (primary N) is 1. The third-order valence-corrected chi connectivity index (χ3v) is 4.32. The molecule has 0 aliphatic heterocycles. The molecule has 1 rings (SSSR count). The maximum absolute atomic E-state index is 12.4. The Labute approximate surface area is 120 Å². The first kappa shape index (κ1) is 16.9. The molecule has 0 saturated heterocycles. The van der Waals surface area contributed by atoms with Crippen LogP contribution in [0.5, 0.6) is 0 Å². The van der Waals surface area contributed by atoms with Crippen LogP contribution in [0.1, 0.15) is 39.0 Å². The summed E-state index contributed by atoms with van der Waals surface area (Å²) < 4.78 is 4.88. The summed E-state index contributed by atoms with van der Waals surface area (Å²) in [5.74, 6) is -0.659. The molecule has 1 atom stereocenters. The van der Waals surface area contributed by atoms with E-state index in [0.29, 0.717) is 12.5 Å². The van der Waals surface area contributed by atoms with E-state index in [0.717, 1.165) is 25.7 Å². The van der Waals surface area contributed by atoms with E-state index in [2.05, 4.69) is 12.2 Å². The zero-order valence-electron chi connectivity index (χ0n) is 12.4. The Kier molecular flexibility index (Phi) is 6.42. The molecule has 0 radical (unpaired) electrons. The Morgan fingerprint density at radius 2 is 2.05 bits per heavy atom. The summed E-state index contributed by atoms with van der Waals surface area (Å²) in [6, 6.07) is -0.912. The largest absolute Gasteiger partial charge is 0.480 e. The van der Waals surface area contributed by atoms with Crippen LogP contribution in [-0.2, 0) is 14.3 Å². The number of carbonyl (C=O) groups is 2. The summed E-state index contributed by atoms with van der Waals surface area (Å²) in [7, 11) is 1.50. The minimum Gasteiger partial charge on any atom is -0.480 e. The number of carbonyl (C=O) groups excluding carboxylic acids is 1. The molecule has 1 saturated carbocycles. The van der Waals surface area contributed by atoms with Gasteiger partial charge in [0, 0.05) is 26.7 Å². The highest BCUT2D eigenvalue weighted by Gasteiger charge is 2.41. The molecule has 1 fully saturated rings. The highest BCUT2D eigenvalue weighted by atomic mass is 16.5. The minimum atomic E-state index is -1.04. The number of rotatable bonds is 7. The summed E-state index contributed by atoms with van der Waals surface area (Å²) in [6.07, 6.45) is 3.63. The molecule has 1 aliphatic carbocycles. The molecule has 1 unspecified atom stereocenters.